The van der Waals surface area contributed by atoms with Gasteiger partial charge in [0, 0.05) is 36.3 Å². The van der Waals surface area contributed by atoms with Crippen molar-refractivity contribution in [1.82, 2.24) is 4.57 Å². The number of ketones is 1. The molecule has 0 aliphatic carbocycles. The molecule has 4 nitrogen and oxygen atoms in total. The fourth-order valence-electron chi connectivity index (χ4n) is 3.17. The zero-order valence-electron chi connectivity index (χ0n) is 15.7. The molecule has 3 aromatic rings. The molecule has 29 heavy (non-hydrogen) atoms. The quantitative estimate of drug-likeness (QED) is 0.386. The normalized spacial score (nSPS) is 12.0. The fourth-order valence-corrected chi connectivity index (χ4v) is 3.62. The second-order valence-corrected chi connectivity index (χ2v) is 7.48. The van der Waals surface area contributed by atoms with Gasteiger partial charge in [0.25, 0.3) is 5.56 Å². The smallest absolute Gasteiger partial charge is 0.258 e. The van der Waals surface area contributed by atoms with Gasteiger partial charge >= 0.3 is 0 Å². The minimum absolute atomic E-state index is 0.0897. The summed E-state index contributed by atoms with van der Waals surface area (Å²) >= 11 is 12.4. The van der Waals surface area contributed by atoms with E-state index in [1.807, 2.05) is 6.07 Å². The second-order valence-electron chi connectivity index (χ2n) is 6.70. The van der Waals surface area contributed by atoms with Crippen molar-refractivity contribution in [2.45, 2.75) is 18.9 Å². The van der Waals surface area contributed by atoms with Crippen LogP contribution in [0.25, 0.3) is 10.8 Å². The van der Waals surface area contributed by atoms with Crippen LogP contribution >= 0.6 is 23.2 Å². The first kappa shape index (κ1) is 21.1. The number of allylic oxidation sites excluding steroid dienone is 1. The van der Waals surface area contributed by atoms with Crippen molar-refractivity contribution in [3.05, 3.63) is 87.0 Å². The fraction of sp³-hybridized carbons (Fsp3) is 0.182. The molecular formula is C22H19Cl2FN2O2. The topological polar surface area (TPSA) is 51.1 Å². The number of carbonyl (C=O) groups excluding carboxylic acids is 1. The zero-order chi connectivity index (χ0) is 21.1. The van der Waals surface area contributed by atoms with Crippen LogP contribution in [0.1, 0.15) is 24.4 Å². The Kier molecular flexibility index (Phi) is 6.40. The van der Waals surface area contributed by atoms with E-state index in [2.05, 4.69) is 11.9 Å². The summed E-state index contributed by atoms with van der Waals surface area (Å²) in [6.07, 6.45) is 3.35. The number of carbonyl (C=O) groups is 1. The predicted octanol–water partition coefficient (Wildman–Crippen LogP) is 5.67. The SMILES string of the molecule is C=CC(=O)CCC(Nc1ccc2ccn(C)c(=O)c2c1)c1c(F)ccc(Cl)c1Cl. The van der Waals surface area contributed by atoms with Crippen LogP contribution in [-0.4, -0.2) is 10.4 Å². The summed E-state index contributed by atoms with van der Waals surface area (Å²) < 4.78 is 16.1. The first-order chi connectivity index (χ1) is 13.8. The van der Waals surface area contributed by atoms with E-state index >= 15 is 0 Å². The van der Waals surface area contributed by atoms with Crippen molar-refractivity contribution < 1.29 is 9.18 Å². The maximum atomic E-state index is 14.6. The Labute approximate surface area is 177 Å². The second kappa shape index (κ2) is 8.80. The molecule has 3 rings (SSSR count). The lowest BCUT2D eigenvalue weighted by Gasteiger charge is -2.22. The van der Waals surface area contributed by atoms with Crippen molar-refractivity contribution in [1.29, 1.82) is 0 Å². The number of hydrogen-bond donors (Lipinski definition) is 1. The zero-order valence-corrected chi connectivity index (χ0v) is 17.2. The molecule has 0 spiro atoms. The summed E-state index contributed by atoms with van der Waals surface area (Å²) in [6, 6.07) is 9.14. The number of nitrogens with one attached hydrogen (secondary N) is 1. The third-order valence-corrected chi connectivity index (χ3v) is 5.58. The Hall–Kier alpha value is -2.63. The number of halogens is 3. The summed E-state index contributed by atoms with van der Waals surface area (Å²) in [5.74, 6) is -0.692. The molecule has 0 aliphatic rings. The van der Waals surface area contributed by atoms with Crippen LogP contribution < -0.4 is 10.9 Å². The highest BCUT2D eigenvalue weighted by atomic mass is 35.5. The average Bonchev–Trinajstić information content (AvgIpc) is 2.71. The van der Waals surface area contributed by atoms with E-state index in [4.69, 9.17) is 23.2 Å². The van der Waals surface area contributed by atoms with Crippen molar-refractivity contribution in [2.75, 3.05) is 5.32 Å². The highest BCUT2D eigenvalue weighted by Gasteiger charge is 2.22. The van der Waals surface area contributed by atoms with Gasteiger partial charge in [-0.2, -0.15) is 0 Å². The molecule has 0 radical (unpaired) electrons. The van der Waals surface area contributed by atoms with E-state index in [1.54, 1.807) is 31.4 Å². The van der Waals surface area contributed by atoms with Gasteiger partial charge in [-0.1, -0.05) is 35.8 Å². The van der Waals surface area contributed by atoms with Gasteiger partial charge in [0.15, 0.2) is 5.78 Å². The molecule has 0 saturated heterocycles. The molecule has 0 bridgehead atoms. The van der Waals surface area contributed by atoms with Gasteiger partial charge in [-0.25, -0.2) is 4.39 Å². The van der Waals surface area contributed by atoms with Crippen LogP contribution in [0.3, 0.4) is 0 Å². The minimum Gasteiger partial charge on any atom is -0.378 e. The van der Waals surface area contributed by atoms with Crippen LogP contribution in [0.5, 0.6) is 0 Å². The number of aryl methyl sites for hydroxylation is 1. The van der Waals surface area contributed by atoms with Crippen molar-refractivity contribution in [3.63, 3.8) is 0 Å². The number of rotatable bonds is 7. The lowest BCUT2D eigenvalue weighted by atomic mass is 9.99. The standard InChI is InChI=1S/C22H19Cl2FN2O2/c1-3-15(28)6-9-19(20-18(25)8-7-17(23)21(20)24)26-14-5-4-13-10-11-27(2)22(29)16(13)12-14/h3-5,7-8,10-12,19,26H,1,6,9H2,2H3. The minimum atomic E-state index is -0.630. The Morgan fingerprint density at radius 3 is 2.76 bits per heavy atom. The molecule has 0 aliphatic heterocycles. The Morgan fingerprint density at radius 1 is 1.28 bits per heavy atom. The monoisotopic (exact) mass is 432 g/mol. The number of fused-ring (bicyclic) bond motifs is 1. The molecule has 0 amide bonds. The van der Waals surface area contributed by atoms with Gasteiger partial charge in [0.1, 0.15) is 5.82 Å². The van der Waals surface area contributed by atoms with E-state index in [0.717, 1.165) is 5.39 Å². The molecule has 1 heterocycles. The highest BCUT2D eigenvalue weighted by molar-refractivity contribution is 6.42. The molecule has 1 atom stereocenters. The Morgan fingerprint density at radius 2 is 2.03 bits per heavy atom. The van der Waals surface area contributed by atoms with E-state index in [1.165, 1.54) is 22.8 Å². The van der Waals surface area contributed by atoms with Gasteiger partial charge in [0.05, 0.1) is 16.1 Å². The molecular weight excluding hydrogens is 414 g/mol. The number of hydrogen-bond acceptors (Lipinski definition) is 3. The Balaban J connectivity index is 2.03. The lowest BCUT2D eigenvalue weighted by Crippen LogP contribution is -2.17. The van der Waals surface area contributed by atoms with Crippen LogP contribution in [0.15, 0.2) is 60.0 Å². The molecule has 0 fully saturated rings. The third-order valence-electron chi connectivity index (χ3n) is 4.76. The lowest BCUT2D eigenvalue weighted by molar-refractivity contribution is -0.114. The summed E-state index contributed by atoms with van der Waals surface area (Å²) in [5, 5.41) is 4.84. The van der Waals surface area contributed by atoms with Crippen molar-refractivity contribution >= 4 is 45.4 Å². The van der Waals surface area contributed by atoms with Crippen LogP contribution in [0.2, 0.25) is 10.0 Å². The average molecular weight is 433 g/mol. The molecule has 1 unspecified atom stereocenters. The van der Waals surface area contributed by atoms with E-state index in [-0.39, 0.29) is 39.8 Å². The number of benzene rings is 2. The van der Waals surface area contributed by atoms with E-state index < -0.39 is 11.9 Å². The number of anilines is 1. The van der Waals surface area contributed by atoms with Gasteiger partial charge in [0.2, 0.25) is 0 Å². The Bertz CT molecular complexity index is 1160. The largest absolute Gasteiger partial charge is 0.378 e. The van der Waals surface area contributed by atoms with Gasteiger partial charge in [-0.15, -0.1) is 0 Å². The van der Waals surface area contributed by atoms with Gasteiger partial charge in [-0.05, 0) is 48.2 Å². The van der Waals surface area contributed by atoms with Crippen molar-refractivity contribution in [2.24, 2.45) is 7.05 Å². The summed E-state index contributed by atoms with van der Waals surface area (Å²) in [7, 11) is 1.67. The summed E-state index contributed by atoms with van der Waals surface area (Å²) in [4.78, 5) is 24.2. The number of pyridine rings is 1. The van der Waals surface area contributed by atoms with Gasteiger partial charge in [-0.3, -0.25) is 9.59 Å². The van der Waals surface area contributed by atoms with Gasteiger partial charge < -0.3 is 9.88 Å². The van der Waals surface area contributed by atoms with E-state index in [0.29, 0.717) is 11.1 Å². The molecule has 2 aromatic carbocycles. The predicted molar refractivity (Wildman–Crippen MR) is 116 cm³/mol. The van der Waals surface area contributed by atoms with E-state index in [9.17, 15) is 14.0 Å². The van der Waals surface area contributed by atoms with Crippen LogP contribution in [-0.2, 0) is 11.8 Å². The first-order valence-electron chi connectivity index (χ1n) is 8.96. The molecule has 1 N–H and O–H groups in total. The van der Waals surface area contributed by atoms with Crippen molar-refractivity contribution in [3.8, 4) is 0 Å². The first-order valence-corrected chi connectivity index (χ1v) is 9.72. The maximum absolute atomic E-state index is 14.6. The maximum Gasteiger partial charge on any atom is 0.258 e. The summed E-state index contributed by atoms with van der Waals surface area (Å²) in [5.41, 5.74) is 0.640. The molecule has 150 valence electrons. The molecule has 0 saturated carbocycles. The molecule has 7 heteroatoms. The summed E-state index contributed by atoms with van der Waals surface area (Å²) in [6.45, 7) is 3.47. The number of nitrogens with zero attached hydrogens (tertiary/aromatic N) is 1. The highest BCUT2D eigenvalue weighted by Crippen LogP contribution is 2.36. The third kappa shape index (κ3) is 4.52. The van der Waals surface area contributed by atoms with Crippen LogP contribution in [0.4, 0.5) is 10.1 Å². The van der Waals surface area contributed by atoms with Crippen LogP contribution in [0, 0.1) is 5.82 Å². The number of aromatic nitrogens is 1. The molecule has 1 aromatic heterocycles.